The van der Waals surface area contributed by atoms with Gasteiger partial charge in [0.1, 0.15) is 5.82 Å². The number of amides is 1. The first-order valence-corrected chi connectivity index (χ1v) is 10.6. The maximum absolute atomic E-state index is 11.5. The number of nitrogens with zero attached hydrogens (tertiary/aromatic N) is 4. The molecule has 2 fully saturated rings. The number of rotatable bonds is 6. The van der Waals surface area contributed by atoms with E-state index in [1.807, 2.05) is 24.8 Å². The predicted molar refractivity (Wildman–Crippen MR) is 109 cm³/mol. The third-order valence-electron chi connectivity index (χ3n) is 5.69. The number of carbonyl (C=O) groups excluding carboxylic acids is 1. The number of hydrogen-bond acceptors (Lipinski definition) is 4. The maximum Gasteiger partial charge on any atom is 0.209 e. The van der Waals surface area contributed by atoms with Crippen LogP contribution in [0.25, 0.3) is 0 Å². The fourth-order valence-electron chi connectivity index (χ4n) is 4.24. The molecule has 148 valence electrons. The van der Waals surface area contributed by atoms with Gasteiger partial charge in [-0.15, -0.1) is 0 Å². The van der Waals surface area contributed by atoms with Crippen LogP contribution in [0.15, 0.2) is 18.3 Å². The Bertz CT molecular complexity index is 607. The summed E-state index contributed by atoms with van der Waals surface area (Å²) in [6.07, 6.45) is 12.4. The lowest BCUT2D eigenvalue weighted by atomic mass is 9.92. The summed E-state index contributed by atoms with van der Waals surface area (Å²) >= 11 is 0. The zero-order chi connectivity index (χ0) is 19.5. The first kappa shape index (κ1) is 21.2. The van der Waals surface area contributed by atoms with E-state index < -0.39 is 0 Å². The molecule has 5 heteroatoms. The number of anilines is 1. The lowest BCUT2D eigenvalue weighted by Crippen LogP contribution is -2.40. The highest BCUT2D eigenvalue weighted by Gasteiger charge is 2.24. The van der Waals surface area contributed by atoms with Gasteiger partial charge in [-0.2, -0.15) is 5.26 Å². The van der Waals surface area contributed by atoms with Crippen molar-refractivity contribution in [3.8, 4) is 6.07 Å². The summed E-state index contributed by atoms with van der Waals surface area (Å²) in [7, 11) is 0. The Morgan fingerprint density at radius 2 is 2.04 bits per heavy atom. The van der Waals surface area contributed by atoms with Crippen molar-refractivity contribution in [3.63, 3.8) is 0 Å². The summed E-state index contributed by atoms with van der Waals surface area (Å²) in [6, 6.07) is 6.27. The number of nitriles is 1. The quantitative estimate of drug-likeness (QED) is 0.697. The topological polar surface area (TPSA) is 60.2 Å². The Labute approximate surface area is 164 Å². The fourth-order valence-corrected chi connectivity index (χ4v) is 4.24. The molecule has 0 aromatic carbocycles. The van der Waals surface area contributed by atoms with Crippen LogP contribution in [0.2, 0.25) is 0 Å². The van der Waals surface area contributed by atoms with E-state index in [1.54, 1.807) is 12.3 Å². The summed E-state index contributed by atoms with van der Waals surface area (Å²) in [5.74, 6) is 1.50. The molecule has 0 radical (unpaired) electrons. The molecular formula is C22H34N4O. The zero-order valence-electron chi connectivity index (χ0n) is 16.9. The van der Waals surface area contributed by atoms with E-state index >= 15 is 0 Å². The first-order valence-electron chi connectivity index (χ1n) is 10.6. The van der Waals surface area contributed by atoms with Crippen LogP contribution in [-0.4, -0.2) is 42.0 Å². The minimum absolute atomic E-state index is 0.458. The molecule has 3 rings (SSSR count). The van der Waals surface area contributed by atoms with E-state index in [9.17, 15) is 4.79 Å². The van der Waals surface area contributed by atoms with E-state index in [4.69, 9.17) is 5.26 Å². The van der Waals surface area contributed by atoms with E-state index in [2.05, 4.69) is 16.0 Å². The molecule has 1 saturated heterocycles. The van der Waals surface area contributed by atoms with Crippen molar-refractivity contribution in [2.45, 2.75) is 71.3 Å². The molecule has 1 amide bonds. The van der Waals surface area contributed by atoms with Gasteiger partial charge in [0.2, 0.25) is 6.41 Å². The van der Waals surface area contributed by atoms with Gasteiger partial charge in [0.05, 0.1) is 11.6 Å². The molecule has 1 unspecified atom stereocenters. The average molecular weight is 371 g/mol. The molecule has 1 atom stereocenters. The highest BCUT2D eigenvalue weighted by atomic mass is 16.1. The molecular weight excluding hydrogens is 336 g/mol. The van der Waals surface area contributed by atoms with Crippen molar-refractivity contribution in [2.75, 3.05) is 24.5 Å². The Kier molecular flexibility index (Phi) is 9.10. The molecule has 0 spiro atoms. The Balaban J connectivity index is 0.00000126. The van der Waals surface area contributed by atoms with Gasteiger partial charge in [-0.1, -0.05) is 33.1 Å². The third-order valence-corrected chi connectivity index (χ3v) is 5.69. The molecule has 1 aliphatic carbocycles. The van der Waals surface area contributed by atoms with Gasteiger partial charge in [0.25, 0.3) is 0 Å². The fraction of sp³-hybridized carbons (Fsp3) is 0.682. The molecule has 5 nitrogen and oxygen atoms in total. The average Bonchev–Trinajstić information content (AvgIpc) is 2.76. The van der Waals surface area contributed by atoms with E-state index in [-0.39, 0.29) is 0 Å². The van der Waals surface area contributed by atoms with Crippen molar-refractivity contribution >= 4 is 12.2 Å². The standard InChI is InChI=1S/C20H28N4O.C2H6/c21-14-18-8-10-22-20(13-18)23-11-4-5-17(15-23)9-12-24(16-25)19-6-2-1-3-7-19;1-2/h8,10,13,16-17,19H,1-7,9,11-12,15H2;1-2H3. The lowest BCUT2D eigenvalue weighted by molar-refractivity contribution is -0.121. The number of piperidine rings is 1. The van der Waals surface area contributed by atoms with Crippen molar-refractivity contribution in [1.82, 2.24) is 9.88 Å². The molecule has 1 aromatic heterocycles. The molecule has 1 aromatic rings. The SMILES string of the molecule is CC.N#Cc1ccnc(N2CCCC(CCN(C=O)C3CCCCC3)C2)c1. The van der Waals surface area contributed by atoms with E-state index in [1.165, 1.54) is 38.5 Å². The molecule has 1 aliphatic heterocycles. The Morgan fingerprint density at radius 3 is 2.74 bits per heavy atom. The van der Waals surface area contributed by atoms with Gasteiger partial charge < -0.3 is 9.80 Å². The van der Waals surface area contributed by atoms with Gasteiger partial charge in [-0.25, -0.2) is 4.98 Å². The molecule has 27 heavy (non-hydrogen) atoms. The summed E-state index contributed by atoms with van der Waals surface area (Å²) in [6.45, 7) is 6.84. The summed E-state index contributed by atoms with van der Waals surface area (Å²) < 4.78 is 0. The highest BCUT2D eigenvalue weighted by Crippen LogP contribution is 2.26. The molecule has 2 aliphatic rings. The monoisotopic (exact) mass is 370 g/mol. The van der Waals surface area contributed by atoms with Crippen LogP contribution in [0.4, 0.5) is 5.82 Å². The number of pyridine rings is 1. The lowest BCUT2D eigenvalue weighted by Gasteiger charge is -2.36. The maximum atomic E-state index is 11.5. The third kappa shape index (κ3) is 6.23. The Hall–Kier alpha value is -2.09. The second kappa shape index (κ2) is 11.6. The van der Waals surface area contributed by atoms with Crippen LogP contribution in [-0.2, 0) is 4.79 Å². The summed E-state index contributed by atoms with van der Waals surface area (Å²) in [5, 5.41) is 9.07. The van der Waals surface area contributed by atoms with Gasteiger partial charge in [-0.3, -0.25) is 4.79 Å². The van der Waals surface area contributed by atoms with E-state index in [0.29, 0.717) is 17.5 Å². The van der Waals surface area contributed by atoms with Crippen LogP contribution in [0.3, 0.4) is 0 Å². The van der Waals surface area contributed by atoms with Gasteiger partial charge >= 0.3 is 0 Å². The summed E-state index contributed by atoms with van der Waals surface area (Å²) in [4.78, 5) is 20.3. The Morgan fingerprint density at radius 1 is 1.26 bits per heavy atom. The van der Waals surface area contributed by atoms with Gasteiger partial charge in [-0.05, 0) is 50.2 Å². The van der Waals surface area contributed by atoms with Gasteiger partial charge in [0, 0.05) is 31.9 Å². The number of aromatic nitrogens is 1. The molecule has 2 heterocycles. The largest absolute Gasteiger partial charge is 0.356 e. The van der Waals surface area contributed by atoms with Crippen molar-refractivity contribution in [2.24, 2.45) is 5.92 Å². The summed E-state index contributed by atoms with van der Waals surface area (Å²) in [5.41, 5.74) is 0.663. The van der Waals surface area contributed by atoms with Crippen LogP contribution in [0.1, 0.15) is 70.8 Å². The van der Waals surface area contributed by atoms with Crippen molar-refractivity contribution < 1.29 is 4.79 Å². The minimum atomic E-state index is 0.458. The zero-order valence-corrected chi connectivity index (χ0v) is 16.9. The van der Waals surface area contributed by atoms with Crippen LogP contribution < -0.4 is 4.90 Å². The first-order chi connectivity index (χ1) is 13.3. The van der Waals surface area contributed by atoms with Crippen LogP contribution >= 0.6 is 0 Å². The molecule has 1 saturated carbocycles. The van der Waals surface area contributed by atoms with Crippen LogP contribution in [0, 0.1) is 17.2 Å². The molecule has 0 N–H and O–H groups in total. The van der Waals surface area contributed by atoms with Crippen molar-refractivity contribution in [1.29, 1.82) is 5.26 Å². The minimum Gasteiger partial charge on any atom is -0.356 e. The molecule has 0 bridgehead atoms. The number of carbonyl (C=O) groups is 1. The van der Waals surface area contributed by atoms with Crippen molar-refractivity contribution in [3.05, 3.63) is 23.9 Å². The number of hydrogen-bond donors (Lipinski definition) is 0. The van der Waals surface area contributed by atoms with E-state index in [0.717, 1.165) is 44.7 Å². The normalized spacial score (nSPS) is 20.2. The predicted octanol–water partition coefficient (Wildman–Crippen LogP) is 4.38. The van der Waals surface area contributed by atoms with Crippen LogP contribution in [0.5, 0.6) is 0 Å². The van der Waals surface area contributed by atoms with Gasteiger partial charge in [0.15, 0.2) is 0 Å². The second-order valence-corrected chi connectivity index (χ2v) is 7.39. The highest BCUT2D eigenvalue weighted by molar-refractivity contribution is 5.48. The smallest absolute Gasteiger partial charge is 0.209 e. The second-order valence-electron chi connectivity index (χ2n) is 7.39.